The van der Waals surface area contributed by atoms with Crippen molar-refractivity contribution in [2.45, 2.75) is 23.4 Å². The second-order valence-electron chi connectivity index (χ2n) is 9.91. The van der Waals surface area contributed by atoms with Crippen molar-refractivity contribution in [1.29, 1.82) is 0 Å². The third-order valence-electron chi connectivity index (χ3n) is 7.18. The Balaban J connectivity index is 1.36. The number of benzene rings is 5. The van der Waals surface area contributed by atoms with Gasteiger partial charge >= 0.3 is 0 Å². The van der Waals surface area contributed by atoms with Gasteiger partial charge in [0.05, 0.1) is 10.9 Å². The Hall–Kier alpha value is -4.30. The van der Waals surface area contributed by atoms with E-state index in [-0.39, 0.29) is 11.3 Å². The van der Waals surface area contributed by atoms with Crippen molar-refractivity contribution >= 4 is 48.1 Å². The molecule has 0 unspecified atom stereocenters. The molecule has 0 saturated carbocycles. The summed E-state index contributed by atoms with van der Waals surface area (Å²) in [5.74, 6) is -0.401. The number of sulfonamides is 1. The van der Waals surface area contributed by atoms with E-state index in [1.807, 2.05) is 115 Å². The van der Waals surface area contributed by atoms with Gasteiger partial charge in [-0.15, -0.1) is 11.3 Å². The standard InChI is InChI=1S/C34H28N2O3S2/c37-34(35-33(25-12-3-1-4-13-25)26-14-5-2-6-15-26)31(22-28-23-40-32-18-10-9-17-30(28)32)36-41(38,39)29-20-19-24-11-7-8-16-27(24)21-29/h1-21,23,31,33,36H,22H2,(H,35,37)/t31-/m1/s1. The van der Waals surface area contributed by atoms with Crippen LogP contribution in [0.3, 0.4) is 0 Å². The molecule has 2 N–H and O–H groups in total. The highest BCUT2D eigenvalue weighted by molar-refractivity contribution is 7.89. The lowest BCUT2D eigenvalue weighted by Gasteiger charge is -2.24. The van der Waals surface area contributed by atoms with Crippen LogP contribution in [0.15, 0.2) is 138 Å². The largest absolute Gasteiger partial charge is 0.344 e. The Labute approximate surface area is 243 Å². The van der Waals surface area contributed by atoms with E-state index in [2.05, 4.69) is 10.0 Å². The predicted octanol–water partition coefficient (Wildman–Crippen LogP) is 6.85. The smallest absolute Gasteiger partial charge is 0.241 e. The molecule has 0 fully saturated rings. The molecule has 0 aliphatic heterocycles. The van der Waals surface area contributed by atoms with E-state index in [0.29, 0.717) is 0 Å². The van der Waals surface area contributed by atoms with E-state index in [1.54, 1.807) is 29.5 Å². The van der Waals surface area contributed by atoms with Crippen molar-refractivity contribution in [3.63, 3.8) is 0 Å². The molecule has 204 valence electrons. The molecule has 1 amide bonds. The molecule has 0 radical (unpaired) electrons. The number of fused-ring (bicyclic) bond motifs is 2. The minimum absolute atomic E-state index is 0.117. The number of thiophene rings is 1. The molecular formula is C34H28N2O3S2. The van der Waals surface area contributed by atoms with E-state index in [1.165, 1.54) is 0 Å². The van der Waals surface area contributed by atoms with Gasteiger partial charge in [-0.1, -0.05) is 109 Å². The monoisotopic (exact) mass is 576 g/mol. The number of carbonyl (C=O) groups is 1. The van der Waals surface area contributed by atoms with Gasteiger partial charge < -0.3 is 5.32 Å². The average Bonchev–Trinajstić information content (AvgIpc) is 3.42. The Kier molecular flexibility index (Phi) is 7.65. The first-order valence-corrected chi connectivity index (χ1v) is 15.7. The maximum Gasteiger partial charge on any atom is 0.241 e. The molecule has 1 atom stereocenters. The Morgan fingerprint density at radius 3 is 2.02 bits per heavy atom. The van der Waals surface area contributed by atoms with Gasteiger partial charge in [-0.2, -0.15) is 4.72 Å². The predicted molar refractivity (Wildman–Crippen MR) is 166 cm³/mol. The molecule has 6 aromatic rings. The van der Waals surface area contributed by atoms with E-state index in [9.17, 15) is 13.2 Å². The van der Waals surface area contributed by atoms with E-state index < -0.39 is 28.0 Å². The number of rotatable bonds is 9. The molecule has 1 heterocycles. The minimum Gasteiger partial charge on any atom is -0.344 e. The van der Waals surface area contributed by atoms with Crippen molar-refractivity contribution < 1.29 is 13.2 Å². The van der Waals surface area contributed by atoms with Gasteiger partial charge in [-0.05, 0) is 62.8 Å². The van der Waals surface area contributed by atoms with Crippen molar-refractivity contribution in [3.05, 3.63) is 149 Å². The number of nitrogens with one attached hydrogen (secondary N) is 2. The highest BCUT2D eigenvalue weighted by Gasteiger charge is 2.29. The van der Waals surface area contributed by atoms with Crippen LogP contribution >= 0.6 is 11.3 Å². The van der Waals surface area contributed by atoms with Gasteiger partial charge in [-0.25, -0.2) is 8.42 Å². The summed E-state index contributed by atoms with van der Waals surface area (Å²) in [5.41, 5.74) is 2.73. The van der Waals surface area contributed by atoms with Crippen molar-refractivity contribution in [2.24, 2.45) is 0 Å². The van der Waals surface area contributed by atoms with Gasteiger partial charge in [0.2, 0.25) is 15.9 Å². The Morgan fingerprint density at radius 2 is 1.32 bits per heavy atom. The summed E-state index contributed by atoms with van der Waals surface area (Å²) >= 11 is 1.58. The third kappa shape index (κ3) is 5.93. The Morgan fingerprint density at radius 1 is 0.707 bits per heavy atom. The molecule has 0 bridgehead atoms. The zero-order valence-electron chi connectivity index (χ0n) is 22.1. The molecule has 1 aromatic heterocycles. The lowest BCUT2D eigenvalue weighted by atomic mass is 9.97. The van der Waals surface area contributed by atoms with Gasteiger partial charge in [-0.3, -0.25) is 4.79 Å². The topological polar surface area (TPSA) is 75.3 Å². The molecule has 0 spiro atoms. The first-order valence-electron chi connectivity index (χ1n) is 13.3. The van der Waals surface area contributed by atoms with Crippen LogP contribution in [-0.2, 0) is 21.2 Å². The van der Waals surface area contributed by atoms with Gasteiger partial charge in [0.25, 0.3) is 0 Å². The highest BCUT2D eigenvalue weighted by Crippen LogP contribution is 2.28. The molecule has 0 aliphatic rings. The van der Waals surface area contributed by atoms with Crippen molar-refractivity contribution in [2.75, 3.05) is 0 Å². The highest BCUT2D eigenvalue weighted by atomic mass is 32.2. The first-order chi connectivity index (χ1) is 20.0. The fraction of sp³-hybridized carbons (Fsp3) is 0.0882. The number of hydrogen-bond donors (Lipinski definition) is 2. The van der Waals surface area contributed by atoms with Gasteiger partial charge in [0, 0.05) is 4.70 Å². The maximum atomic E-state index is 14.0. The van der Waals surface area contributed by atoms with E-state index >= 15 is 0 Å². The van der Waals surface area contributed by atoms with Crippen molar-refractivity contribution in [1.82, 2.24) is 10.0 Å². The molecule has 5 nitrogen and oxygen atoms in total. The fourth-order valence-corrected chi connectivity index (χ4v) is 7.29. The second kappa shape index (κ2) is 11.7. The molecule has 6 rings (SSSR count). The summed E-state index contributed by atoms with van der Waals surface area (Å²) in [6, 6.07) is 38.4. The van der Waals surface area contributed by atoms with Crippen molar-refractivity contribution in [3.8, 4) is 0 Å². The van der Waals surface area contributed by atoms with Crippen LogP contribution in [0.25, 0.3) is 20.9 Å². The molecule has 41 heavy (non-hydrogen) atoms. The molecule has 5 aromatic carbocycles. The quantitative estimate of drug-likeness (QED) is 0.198. The van der Waals surface area contributed by atoms with Crippen LogP contribution in [0.5, 0.6) is 0 Å². The van der Waals surface area contributed by atoms with Crippen LogP contribution in [0.1, 0.15) is 22.7 Å². The normalized spacial score (nSPS) is 12.5. The summed E-state index contributed by atoms with van der Waals surface area (Å²) in [5, 5.41) is 7.93. The third-order valence-corrected chi connectivity index (χ3v) is 9.66. The maximum absolute atomic E-state index is 14.0. The number of amides is 1. The summed E-state index contributed by atoms with van der Waals surface area (Å²) in [6.45, 7) is 0. The van der Waals surface area contributed by atoms with Crippen LogP contribution in [0.4, 0.5) is 0 Å². The zero-order valence-corrected chi connectivity index (χ0v) is 23.7. The second-order valence-corrected chi connectivity index (χ2v) is 12.5. The lowest BCUT2D eigenvalue weighted by Crippen LogP contribution is -2.48. The summed E-state index contributed by atoms with van der Waals surface area (Å²) in [7, 11) is -4.02. The lowest BCUT2D eigenvalue weighted by molar-refractivity contribution is -0.123. The molecule has 7 heteroatoms. The Bertz CT molecular complexity index is 1880. The van der Waals surface area contributed by atoms with E-state index in [0.717, 1.165) is 37.5 Å². The summed E-state index contributed by atoms with van der Waals surface area (Å²) in [4.78, 5) is 14.2. The van der Waals surface area contributed by atoms with E-state index in [4.69, 9.17) is 0 Å². The van der Waals surface area contributed by atoms with Crippen LogP contribution < -0.4 is 10.0 Å². The SMILES string of the molecule is O=C(NC(c1ccccc1)c1ccccc1)[C@@H](Cc1csc2ccccc12)NS(=O)(=O)c1ccc2ccccc2c1. The fourth-order valence-electron chi connectivity index (χ4n) is 5.08. The first kappa shape index (κ1) is 26.9. The zero-order chi connectivity index (χ0) is 28.2. The average molecular weight is 577 g/mol. The molecule has 0 aliphatic carbocycles. The van der Waals surface area contributed by atoms with Gasteiger partial charge in [0.1, 0.15) is 6.04 Å². The summed E-state index contributed by atoms with van der Waals surface area (Å²) < 4.78 is 31.3. The van der Waals surface area contributed by atoms with Crippen LogP contribution in [0.2, 0.25) is 0 Å². The summed E-state index contributed by atoms with van der Waals surface area (Å²) in [6.07, 6.45) is 0.207. The number of hydrogen-bond acceptors (Lipinski definition) is 4. The van der Waals surface area contributed by atoms with Crippen LogP contribution in [-0.4, -0.2) is 20.4 Å². The minimum atomic E-state index is -4.02. The van der Waals surface area contributed by atoms with Gasteiger partial charge in [0.15, 0.2) is 0 Å². The van der Waals surface area contributed by atoms with Crippen LogP contribution in [0, 0.1) is 0 Å². The molecule has 0 saturated heterocycles. The molecular weight excluding hydrogens is 549 g/mol. The number of carbonyl (C=O) groups excluding carboxylic acids is 1.